The SMILES string of the molecule is O=[N+]([O-])c1ccc(NC2C3CNCC32)c2cccnc12. The average Bonchev–Trinajstić information content (AvgIpc) is 2.89. The summed E-state index contributed by atoms with van der Waals surface area (Å²) < 4.78 is 0. The average molecular weight is 270 g/mol. The van der Waals surface area contributed by atoms with Gasteiger partial charge in [-0.25, -0.2) is 4.98 Å². The summed E-state index contributed by atoms with van der Waals surface area (Å²) in [5, 5.41) is 18.8. The van der Waals surface area contributed by atoms with Crippen LogP contribution in [0.2, 0.25) is 0 Å². The third-order valence-electron chi connectivity index (χ3n) is 4.36. The molecule has 2 unspecified atom stereocenters. The predicted octanol–water partition coefficient (Wildman–Crippen LogP) is 1.77. The maximum Gasteiger partial charge on any atom is 0.295 e. The van der Waals surface area contributed by atoms with Crippen molar-refractivity contribution in [1.82, 2.24) is 10.3 Å². The number of rotatable bonds is 3. The van der Waals surface area contributed by atoms with Crippen molar-refractivity contribution in [3.8, 4) is 0 Å². The minimum atomic E-state index is -0.380. The second kappa shape index (κ2) is 4.14. The first-order chi connectivity index (χ1) is 9.75. The molecule has 2 N–H and O–H groups in total. The lowest BCUT2D eigenvalue weighted by atomic mass is 10.1. The van der Waals surface area contributed by atoms with E-state index in [1.807, 2.05) is 12.1 Å². The zero-order valence-electron chi connectivity index (χ0n) is 10.7. The van der Waals surface area contributed by atoms with Gasteiger partial charge in [0, 0.05) is 42.5 Å². The van der Waals surface area contributed by atoms with E-state index in [9.17, 15) is 10.1 Å². The van der Waals surface area contributed by atoms with E-state index in [4.69, 9.17) is 0 Å². The fourth-order valence-corrected chi connectivity index (χ4v) is 3.24. The summed E-state index contributed by atoms with van der Waals surface area (Å²) in [6.45, 7) is 2.12. The lowest BCUT2D eigenvalue weighted by Crippen LogP contribution is -2.21. The maximum absolute atomic E-state index is 11.1. The molecule has 6 nitrogen and oxygen atoms in total. The molecule has 1 aromatic carbocycles. The standard InChI is InChI=1S/C14H14N4O2/c19-18(20)12-4-3-11(8-2-1-5-16-14(8)12)17-13-9-6-15-7-10(9)13/h1-5,9-10,13,15,17H,6-7H2. The van der Waals surface area contributed by atoms with Crippen LogP contribution in [0.4, 0.5) is 11.4 Å². The van der Waals surface area contributed by atoms with Crippen LogP contribution in [-0.2, 0) is 0 Å². The number of non-ortho nitro benzene ring substituents is 1. The lowest BCUT2D eigenvalue weighted by Gasteiger charge is -2.11. The van der Waals surface area contributed by atoms with E-state index >= 15 is 0 Å². The van der Waals surface area contributed by atoms with Gasteiger partial charge >= 0.3 is 0 Å². The highest BCUT2D eigenvalue weighted by molar-refractivity contribution is 5.97. The Kier molecular flexibility index (Phi) is 2.40. The number of nitro benzene ring substituents is 1. The van der Waals surface area contributed by atoms with Gasteiger partial charge in [0.25, 0.3) is 5.69 Å². The van der Waals surface area contributed by atoms with Gasteiger partial charge < -0.3 is 10.6 Å². The Hall–Kier alpha value is -2.21. The van der Waals surface area contributed by atoms with Crippen LogP contribution in [0.1, 0.15) is 0 Å². The molecule has 102 valence electrons. The van der Waals surface area contributed by atoms with Gasteiger partial charge in [-0.15, -0.1) is 0 Å². The largest absolute Gasteiger partial charge is 0.381 e. The molecule has 2 aromatic rings. The van der Waals surface area contributed by atoms with Gasteiger partial charge in [0.1, 0.15) is 5.52 Å². The third kappa shape index (κ3) is 1.65. The first-order valence-electron chi connectivity index (χ1n) is 6.75. The molecule has 1 saturated carbocycles. The second-order valence-corrected chi connectivity index (χ2v) is 5.45. The van der Waals surface area contributed by atoms with Crippen molar-refractivity contribution in [3.63, 3.8) is 0 Å². The maximum atomic E-state index is 11.1. The van der Waals surface area contributed by atoms with E-state index in [0.29, 0.717) is 23.4 Å². The molecule has 1 saturated heterocycles. The van der Waals surface area contributed by atoms with E-state index in [1.165, 1.54) is 6.07 Å². The summed E-state index contributed by atoms with van der Waals surface area (Å²) in [5.74, 6) is 1.38. The fourth-order valence-electron chi connectivity index (χ4n) is 3.24. The molecule has 0 spiro atoms. The molecule has 20 heavy (non-hydrogen) atoms. The molecule has 2 fully saturated rings. The summed E-state index contributed by atoms with van der Waals surface area (Å²) in [5.41, 5.74) is 1.45. The Bertz CT molecular complexity index is 693. The van der Waals surface area contributed by atoms with E-state index in [2.05, 4.69) is 15.6 Å². The van der Waals surface area contributed by atoms with Crippen molar-refractivity contribution in [2.45, 2.75) is 6.04 Å². The van der Waals surface area contributed by atoms with Crippen LogP contribution in [0.3, 0.4) is 0 Å². The topological polar surface area (TPSA) is 80.1 Å². The summed E-state index contributed by atoms with van der Waals surface area (Å²) in [6, 6.07) is 7.51. The number of nitrogens with zero attached hydrogens (tertiary/aromatic N) is 2. The molecule has 0 radical (unpaired) electrons. The lowest BCUT2D eigenvalue weighted by molar-refractivity contribution is -0.383. The molecule has 4 rings (SSSR count). The van der Waals surface area contributed by atoms with Crippen LogP contribution in [0.5, 0.6) is 0 Å². The molecule has 1 aliphatic heterocycles. The molecular formula is C14H14N4O2. The Balaban J connectivity index is 1.73. The highest BCUT2D eigenvalue weighted by Crippen LogP contribution is 2.44. The fraction of sp³-hybridized carbons (Fsp3) is 0.357. The third-order valence-corrected chi connectivity index (χ3v) is 4.36. The van der Waals surface area contributed by atoms with Crippen LogP contribution in [0.15, 0.2) is 30.5 Å². The summed E-state index contributed by atoms with van der Waals surface area (Å²) in [6.07, 6.45) is 1.59. The molecule has 1 aromatic heterocycles. The Morgan fingerprint density at radius 2 is 2.10 bits per heavy atom. The summed E-state index contributed by atoms with van der Waals surface area (Å²) in [7, 11) is 0. The molecule has 2 aliphatic rings. The summed E-state index contributed by atoms with van der Waals surface area (Å²) >= 11 is 0. The van der Waals surface area contributed by atoms with Crippen LogP contribution in [0, 0.1) is 22.0 Å². The van der Waals surface area contributed by atoms with Crippen molar-refractivity contribution in [2.24, 2.45) is 11.8 Å². The van der Waals surface area contributed by atoms with Crippen molar-refractivity contribution < 1.29 is 4.92 Å². The number of fused-ring (bicyclic) bond motifs is 2. The van der Waals surface area contributed by atoms with E-state index in [0.717, 1.165) is 24.2 Å². The van der Waals surface area contributed by atoms with E-state index < -0.39 is 0 Å². The van der Waals surface area contributed by atoms with Gasteiger partial charge in [0.05, 0.1) is 4.92 Å². The Morgan fingerprint density at radius 1 is 1.30 bits per heavy atom. The number of benzene rings is 1. The molecule has 0 bridgehead atoms. The zero-order valence-corrected chi connectivity index (χ0v) is 10.7. The normalized spacial score (nSPS) is 27.3. The summed E-state index contributed by atoms with van der Waals surface area (Å²) in [4.78, 5) is 14.8. The van der Waals surface area contributed by atoms with Gasteiger partial charge in [0.15, 0.2) is 0 Å². The minimum absolute atomic E-state index is 0.0591. The molecule has 2 heterocycles. The van der Waals surface area contributed by atoms with Gasteiger partial charge in [-0.3, -0.25) is 10.1 Å². The number of hydrogen-bond acceptors (Lipinski definition) is 5. The number of hydrogen-bond donors (Lipinski definition) is 2. The monoisotopic (exact) mass is 270 g/mol. The number of nitrogens with one attached hydrogen (secondary N) is 2. The number of pyridine rings is 1. The number of anilines is 1. The van der Waals surface area contributed by atoms with Crippen LogP contribution < -0.4 is 10.6 Å². The second-order valence-electron chi connectivity index (χ2n) is 5.45. The predicted molar refractivity (Wildman–Crippen MR) is 75.7 cm³/mol. The zero-order chi connectivity index (χ0) is 13.7. The number of nitro groups is 1. The van der Waals surface area contributed by atoms with Crippen LogP contribution in [0.25, 0.3) is 10.9 Å². The van der Waals surface area contributed by atoms with Gasteiger partial charge in [-0.2, -0.15) is 0 Å². The first-order valence-corrected chi connectivity index (χ1v) is 6.75. The molecule has 0 amide bonds. The van der Waals surface area contributed by atoms with Crippen molar-refractivity contribution in [2.75, 3.05) is 18.4 Å². The molecule has 6 heteroatoms. The smallest absolute Gasteiger partial charge is 0.295 e. The Morgan fingerprint density at radius 3 is 2.85 bits per heavy atom. The number of piperidine rings is 1. The van der Waals surface area contributed by atoms with Gasteiger partial charge in [0.2, 0.25) is 0 Å². The van der Waals surface area contributed by atoms with E-state index in [1.54, 1.807) is 12.3 Å². The quantitative estimate of drug-likeness (QED) is 0.656. The van der Waals surface area contributed by atoms with Crippen LogP contribution >= 0.6 is 0 Å². The van der Waals surface area contributed by atoms with Crippen molar-refractivity contribution in [1.29, 1.82) is 0 Å². The molecular weight excluding hydrogens is 256 g/mol. The minimum Gasteiger partial charge on any atom is -0.381 e. The first kappa shape index (κ1) is 11.6. The van der Waals surface area contributed by atoms with E-state index in [-0.39, 0.29) is 10.6 Å². The van der Waals surface area contributed by atoms with Crippen LogP contribution in [-0.4, -0.2) is 29.0 Å². The Labute approximate surface area is 115 Å². The molecule has 2 atom stereocenters. The van der Waals surface area contributed by atoms with Gasteiger partial charge in [-0.1, -0.05) is 0 Å². The highest BCUT2D eigenvalue weighted by Gasteiger charge is 2.53. The highest BCUT2D eigenvalue weighted by atomic mass is 16.6. The molecule has 1 aliphatic carbocycles. The van der Waals surface area contributed by atoms with Crippen molar-refractivity contribution >= 4 is 22.3 Å². The van der Waals surface area contributed by atoms with Crippen molar-refractivity contribution in [3.05, 3.63) is 40.6 Å². The van der Waals surface area contributed by atoms with Gasteiger partial charge in [-0.05, 0) is 30.0 Å². The number of aromatic nitrogens is 1.